The summed E-state index contributed by atoms with van der Waals surface area (Å²) in [5.74, 6) is 0. The largest absolute Gasteiger partial charge is 0.293 e. The summed E-state index contributed by atoms with van der Waals surface area (Å²) in [7, 11) is -4.06. The first kappa shape index (κ1) is 15.1. The van der Waals surface area contributed by atoms with Crippen LogP contribution in [0.2, 0.25) is 0 Å². The Morgan fingerprint density at radius 1 is 1.00 bits per heavy atom. The first-order valence-corrected chi connectivity index (χ1v) is 8.37. The van der Waals surface area contributed by atoms with E-state index in [0.29, 0.717) is 15.6 Å². The molecule has 0 amide bonds. The summed E-state index contributed by atoms with van der Waals surface area (Å²) in [6.45, 7) is 0. The molecule has 0 spiro atoms. The fraction of sp³-hybridized carbons (Fsp3) is 0. The lowest BCUT2D eigenvalue weighted by Crippen LogP contribution is -2.00. The number of hydrogen-bond acceptors (Lipinski definition) is 3. The fourth-order valence-corrected chi connectivity index (χ4v) is 3.64. The molecule has 0 aliphatic carbocycles. The van der Waals surface area contributed by atoms with Crippen molar-refractivity contribution in [1.29, 1.82) is 0 Å². The number of nitrogens with zero attached hydrogens (tertiary/aromatic N) is 1. The summed E-state index contributed by atoms with van der Waals surface area (Å²) in [4.78, 5) is 10.2. The molecule has 0 saturated heterocycles. The first-order valence-electron chi connectivity index (χ1n) is 5.34. The highest BCUT2D eigenvalue weighted by Crippen LogP contribution is 2.35. The summed E-state index contributed by atoms with van der Waals surface area (Å²) >= 11 is 6.65. The molecule has 2 rings (SSSR count). The standard InChI is InChI=1S/C13H7Br2NO3S/c14-10-6-4-9(5-7-10)13-11(15)2-1-3-12(13)20(18,19)16-8-17/h1-7H. The Bertz CT molecular complexity index is 795. The van der Waals surface area contributed by atoms with E-state index in [0.717, 1.165) is 10.6 Å². The lowest BCUT2D eigenvalue weighted by molar-refractivity contribution is 0.563. The van der Waals surface area contributed by atoms with Crippen molar-refractivity contribution in [2.45, 2.75) is 4.90 Å². The molecular weight excluding hydrogens is 410 g/mol. The minimum absolute atomic E-state index is 0.0439. The van der Waals surface area contributed by atoms with Gasteiger partial charge in [0.15, 0.2) is 0 Å². The van der Waals surface area contributed by atoms with Gasteiger partial charge in [-0.05, 0) is 29.8 Å². The predicted octanol–water partition coefficient (Wildman–Crippen LogP) is 3.90. The Morgan fingerprint density at radius 3 is 2.25 bits per heavy atom. The Kier molecular flexibility index (Phi) is 4.55. The van der Waals surface area contributed by atoms with Crippen molar-refractivity contribution in [2.24, 2.45) is 4.40 Å². The summed E-state index contributed by atoms with van der Waals surface area (Å²) < 4.78 is 28.4. The van der Waals surface area contributed by atoms with Crippen molar-refractivity contribution in [3.8, 4) is 11.1 Å². The summed E-state index contributed by atoms with van der Waals surface area (Å²) in [6.07, 6.45) is 1.08. The van der Waals surface area contributed by atoms with E-state index in [9.17, 15) is 13.2 Å². The summed E-state index contributed by atoms with van der Waals surface area (Å²) in [6, 6.07) is 11.8. The van der Waals surface area contributed by atoms with Crippen molar-refractivity contribution in [2.75, 3.05) is 0 Å². The molecular formula is C13H7Br2NO3S. The zero-order valence-corrected chi connectivity index (χ0v) is 13.9. The molecule has 0 saturated carbocycles. The van der Waals surface area contributed by atoms with Crippen molar-refractivity contribution in [3.05, 3.63) is 51.4 Å². The molecule has 4 nitrogen and oxygen atoms in total. The molecule has 2 aromatic carbocycles. The third-order valence-electron chi connectivity index (χ3n) is 2.54. The number of hydrogen-bond donors (Lipinski definition) is 0. The monoisotopic (exact) mass is 415 g/mol. The number of sulfonamides is 1. The van der Waals surface area contributed by atoms with E-state index < -0.39 is 10.0 Å². The molecule has 0 aliphatic rings. The Balaban J connectivity index is 2.76. The highest BCUT2D eigenvalue weighted by atomic mass is 79.9. The molecule has 7 heteroatoms. The van der Waals surface area contributed by atoms with Crippen LogP contribution in [-0.4, -0.2) is 14.5 Å². The van der Waals surface area contributed by atoms with Crippen molar-refractivity contribution >= 4 is 48.0 Å². The fourth-order valence-electron chi connectivity index (χ4n) is 1.71. The van der Waals surface area contributed by atoms with Crippen LogP contribution in [0.3, 0.4) is 0 Å². The van der Waals surface area contributed by atoms with E-state index >= 15 is 0 Å². The average Bonchev–Trinajstić information content (AvgIpc) is 2.40. The number of benzene rings is 2. The SMILES string of the molecule is O=C=NS(=O)(=O)c1cccc(Br)c1-c1ccc(Br)cc1. The lowest BCUT2D eigenvalue weighted by atomic mass is 10.1. The average molecular weight is 417 g/mol. The van der Waals surface area contributed by atoms with E-state index in [1.54, 1.807) is 36.4 Å². The predicted molar refractivity (Wildman–Crippen MR) is 82.6 cm³/mol. The van der Waals surface area contributed by atoms with Gasteiger partial charge in [0, 0.05) is 14.5 Å². The Hall–Kier alpha value is -1.27. The lowest BCUT2D eigenvalue weighted by Gasteiger charge is -2.10. The van der Waals surface area contributed by atoms with Crippen LogP contribution in [0.5, 0.6) is 0 Å². The molecule has 0 N–H and O–H groups in total. The van der Waals surface area contributed by atoms with Crippen molar-refractivity contribution in [3.63, 3.8) is 0 Å². The van der Waals surface area contributed by atoms with Gasteiger partial charge >= 0.3 is 0 Å². The quantitative estimate of drug-likeness (QED) is 0.562. The van der Waals surface area contributed by atoms with E-state index in [1.165, 1.54) is 6.07 Å². The van der Waals surface area contributed by atoms with Crippen LogP contribution < -0.4 is 0 Å². The number of isocyanates is 1. The van der Waals surface area contributed by atoms with Gasteiger partial charge in [0.25, 0.3) is 16.1 Å². The molecule has 0 fully saturated rings. The van der Waals surface area contributed by atoms with E-state index in [1.807, 2.05) is 0 Å². The van der Waals surface area contributed by atoms with Gasteiger partial charge in [0.1, 0.15) is 0 Å². The maximum atomic E-state index is 12.0. The topological polar surface area (TPSA) is 63.6 Å². The summed E-state index contributed by atoms with van der Waals surface area (Å²) in [5, 5.41) is 0. The number of halogens is 2. The van der Waals surface area contributed by atoms with Gasteiger partial charge in [-0.25, -0.2) is 4.79 Å². The Labute approximate surface area is 132 Å². The van der Waals surface area contributed by atoms with Gasteiger partial charge in [-0.2, -0.15) is 8.42 Å². The zero-order chi connectivity index (χ0) is 14.8. The molecule has 0 atom stereocenters. The highest BCUT2D eigenvalue weighted by molar-refractivity contribution is 9.10. The van der Waals surface area contributed by atoms with Crippen molar-refractivity contribution in [1.82, 2.24) is 0 Å². The minimum Gasteiger partial charge on any atom is -0.210 e. The van der Waals surface area contributed by atoms with Gasteiger partial charge in [-0.15, -0.1) is 0 Å². The molecule has 0 bridgehead atoms. The highest BCUT2D eigenvalue weighted by Gasteiger charge is 2.20. The first-order chi connectivity index (χ1) is 9.45. The molecule has 0 aliphatic heterocycles. The van der Waals surface area contributed by atoms with Crippen LogP contribution in [0, 0.1) is 0 Å². The van der Waals surface area contributed by atoms with Gasteiger partial charge in [0.2, 0.25) is 0 Å². The third-order valence-corrected chi connectivity index (χ3v) is 4.94. The van der Waals surface area contributed by atoms with Crippen LogP contribution in [0.1, 0.15) is 0 Å². The van der Waals surface area contributed by atoms with Crippen LogP contribution in [-0.2, 0) is 14.8 Å². The minimum atomic E-state index is -4.06. The van der Waals surface area contributed by atoms with Gasteiger partial charge in [-0.1, -0.05) is 54.5 Å². The van der Waals surface area contributed by atoms with Crippen LogP contribution in [0.25, 0.3) is 11.1 Å². The molecule has 0 unspecified atom stereocenters. The van der Waals surface area contributed by atoms with E-state index in [-0.39, 0.29) is 4.90 Å². The molecule has 20 heavy (non-hydrogen) atoms. The van der Waals surface area contributed by atoms with Gasteiger partial charge in [0.05, 0.1) is 4.90 Å². The van der Waals surface area contributed by atoms with Gasteiger partial charge in [-0.3, -0.25) is 0 Å². The second-order valence-electron chi connectivity index (χ2n) is 3.78. The molecule has 102 valence electrons. The second kappa shape index (κ2) is 6.01. The number of carbonyl (C=O) groups excluding carboxylic acids is 1. The third kappa shape index (κ3) is 3.07. The smallest absolute Gasteiger partial charge is 0.210 e. The molecule has 0 heterocycles. The van der Waals surface area contributed by atoms with Crippen molar-refractivity contribution < 1.29 is 13.2 Å². The van der Waals surface area contributed by atoms with Gasteiger partial charge < -0.3 is 0 Å². The maximum Gasteiger partial charge on any atom is 0.293 e. The second-order valence-corrected chi connectivity index (χ2v) is 7.12. The Morgan fingerprint density at radius 2 is 1.65 bits per heavy atom. The van der Waals surface area contributed by atoms with E-state index in [4.69, 9.17) is 0 Å². The summed E-state index contributed by atoms with van der Waals surface area (Å²) in [5.41, 5.74) is 1.15. The zero-order valence-electron chi connectivity index (χ0n) is 9.88. The number of rotatable bonds is 3. The van der Waals surface area contributed by atoms with Crippen LogP contribution >= 0.6 is 31.9 Å². The molecule has 0 aromatic heterocycles. The van der Waals surface area contributed by atoms with Crippen LogP contribution in [0.4, 0.5) is 0 Å². The molecule has 2 aromatic rings. The molecule has 0 radical (unpaired) electrons. The van der Waals surface area contributed by atoms with E-state index in [2.05, 4.69) is 36.3 Å². The van der Waals surface area contributed by atoms with Crippen LogP contribution in [0.15, 0.2) is 60.7 Å². The normalized spacial score (nSPS) is 10.9. The maximum absolute atomic E-state index is 12.0.